The minimum atomic E-state index is -0.378. The van der Waals surface area contributed by atoms with Gasteiger partial charge >= 0.3 is 5.63 Å². The molecule has 1 fully saturated rings. The molecule has 3 unspecified atom stereocenters. The fourth-order valence-electron chi connectivity index (χ4n) is 2.24. The van der Waals surface area contributed by atoms with E-state index in [1.807, 2.05) is 6.92 Å². The standard InChI is InChI=1S/C13H16N2O4/c1-3-5-17-10-9-7(4-2)6-8(16)18-11(9)15-13-12(14-10)19-13/h3,6,10,12-15H,1,4-5H2,2H3. The van der Waals surface area contributed by atoms with Crippen LogP contribution in [-0.4, -0.2) is 19.1 Å². The van der Waals surface area contributed by atoms with E-state index in [4.69, 9.17) is 13.9 Å². The number of anilines is 1. The van der Waals surface area contributed by atoms with E-state index in [0.29, 0.717) is 12.5 Å². The Morgan fingerprint density at radius 3 is 3.11 bits per heavy atom. The highest BCUT2D eigenvalue weighted by Crippen LogP contribution is 2.36. The van der Waals surface area contributed by atoms with E-state index < -0.39 is 0 Å². The van der Waals surface area contributed by atoms with Crippen molar-refractivity contribution in [3.05, 3.63) is 40.3 Å². The Morgan fingerprint density at radius 1 is 1.53 bits per heavy atom. The van der Waals surface area contributed by atoms with Gasteiger partial charge in [-0.2, -0.15) is 0 Å². The molecule has 0 amide bonds. The third-order valence-electron chi connectivity index (χ3n) is 3.19. The molecule has 3 heterocycles. The quantitative estimate of drug-likeness (QED) is 0.626. The summed E-state index contributed by atoms with van der Waals surface area (Å²) in [5, 5.41) is 6.28. The molecule has 0 aromatic carbocycles. The summed E-state index contributed by atoms with van der Waals surface area (Å²) < 4.78 is 16.3. The van der Waals surface area contributed by atoms with E-state index in [-0.39, 0.29) is 24.3 Å². The Hall–Kier alpha value is -1.63. The van der Waals surface area contributed by atoms with Crippen molar-refractivity contribution in [1.29, 1.82) is 0 Å². The van der Waals surface area contributed by atoms with Gasteiger partial charge in [-0.05, 0) is 12.0 Å². The Morgan fingerprint density at radius 2 is 2.37 bits per heavy atom. The largest absolute Gasteiger partial charge is 0.406 e. The molecule has 0 bridgehead atoms. The lowest BCUT2D eigenvalue weighted by molar-refractivity contribution is 0.0364. The SMILES string of the molecule is C=CCOC1NC2OC2Nc2oc(=O)cc(CC)c21. The number of hydrogen-bond acceptors (Lipinski definition) is 6. The number of aryl methyl sites for hydroxylation is 1. The van der Waals surface area contributed by atoms with Crippen LogP contribution in [0.3, 0.4) is 0 Å². The van der Waals surface area contributed by atoms with Crippen molar-refractivity contribution in [1.82, 2.24) is 5.32 Å². The predicted octanol–water partition coefficient (Wildman–Crippen LogP) is 1.10. The molecule has 0 spiro atoms. The Bertz CT molecular complexity index is 554. The number of fused-ring (bicyclic) bond motifs is 2. The van der Waals surface area contributed by atoms with Crippen LogP contribution in [0.1, 0.15) is 24.3 Å². The van der Waals surface area contributed by atoms with Gasteiger partial charge in [0.25, 0.3) is 0 Å². The molecule has 1 aromatic rings. The summed E-state index contributed by atoms with van der Waals surface area (Å²) >= 11 is 0. The molecular formula is C13H16N2O4. The molecule has 0 saturated carbocycles. The van der Waals surface area contributed by atoms with Gasteiger partial charge in [-0.3, -0.25) is 5.32 Å². The van der Waals surface area contributed by atoms with Gasteiger partial charge in [-0.15, -0.1) is 6.58 Å². The predicted molar refractivity (Wildman–Crippen MR) is 68.7 cm³/mol. The van der Waals surface area contributed by atoms with Gasteiger partial charge in [-0.25, -0.2) is 4.79 Å². The highest BCUT2D eigenvalue weighted by atomic mass is 16.6. The minimum Gasteiger partial charge on any atom is -0.406 e. The van der Waals surface area contributed by atoms with Crippen LogP contribution in [0.4, 0.5) is 5.88 Å². The normalized spacial score (nSPS) is 27.7. The second-order valence-corrected chi connectivity index (χ2v) is 4.48. The lowest BCUT2D eigenvalue weighted by Crippen LogP contribution is -2.27. The summed E-state index contributed by atoms with van der Waals surface area (Å²) in [5.74, 6) is 0.427. The molecule has 1 aromatic heterocycles. The fraction of sp³-hybridized carbons (Fsp3) is 0.462. The molecule has 102 valence electrons. The summed E-state index contributed by atoms with van der Waals surface area (Å²) in [5.41, 5.74) is 1.37. The highest BCUT2D eigenvalue weighted by molar-refractivity contribution is 5.49. The van der Waals surface area contributed by atoms with Crippen molar-refractivity contribution in [2.75, 3.05) is 11.9 Å². The van der Waals surface area contributed by atoms with Crippen LogP contribution in [0.25, 0.3) is 0 Å². The van der Waals surface area contributed by atoms with Gasteiger partial charge in [0.1, 0.15) is 6.23 Å². The third kappa shape index (κ3) is 2.30. The van der Waals surface area contributed by atoms with Gasteiger partial charge in [0, 0.05) is 6.07 Å². The van der Waals surface area contributed by atoms with Gasteiger partial charge < -0.3 is 19.2 Å². The first kappa shape index (κ1) is 12.4. The summed E-state index contributed by atoms with van der Waals surface area (Å²) in [4.78, 5) is 11.5. The fourth-order valence-corrected chi connectivity index (χ4v) is 2.24. The van der Waals surface area contributed by atoms with Crippen molar-refractivity contribution in [3.8, 4) is 0 Å². The van der Waals surface area contributed by atoms with Crippen LogP contribution in [0.15, 0.2) is 27.9 Å². The molecule has 2 aliphatic heterocycles. The van der Waals surface area contributed by atoms with E-state index in [1.165, 1.54) is 6.07 Å². The van der Waals surface area contributed by atoms with Gasteiger partial charge in [-0.1, -0.05) is 13.0 Å². The van der Waals surface area contributed by atoms with Crippen molar-refractivity contribution in [3.63, 3.8) is 0 Å². The van der Waals surface area contributed by atoms with E-state index >= 15 is 0 Å². The summed E-state index contributed by atoms with van der Waals surface area (Å²) in [6.07, 6.45) is 1.72. The number of nitrogens with one attached hydrogen (secondary N) is 2. The number of hydrogen-bond donors (Lipinski definition) is 2. The zero-order chi connectivity index (χ0) is 13.4. The first-order chi connectivity index (χ1) is 9.22. The summed E-state index contributed by atoms with van der Waals surface area (Å²) in [6.45, 7) is 6.02. The van der Waals surface area contributed by atoms with Crippen molar-refractivity contribution >= 4 is 5.88 Å². The van der Waals surface area contributed by atoms with E-state index in [1.54, 1.807) is 6.08 Å². The molecule has 19 heavy (non-hydrogen) atoms. The maximum Gasteiger partial charge on any atom is 0.337 e. The summed E-state index contributed by atoms with van der Waals surface area (Å²) in [6, 6.07) is 1.50. The Labute approximate surface area is 110 Å². The van der Waals surface area contributed by atoms with Crippen molar-refractivity contribution in [2.24, 2.45) is 0 Å². The lowest BCUT2D eigenvalue weighted by atomic mass is 10.1. The van der Waals surface area contributed by atoms with E-state index in [0.717, 1.165) is 17.5 Å². The van der Waals surface area contributed by atoms with E-state index in [9.17, 15) is 4.79 Å². The third-order valence-corrected chi connectivity index (χ3v) is 3.19. The Balaban J connectivity index is 2.04. The molecular weight excluding hydrogens is 248 g/mol. The van der Waals surface area contributed by atoms with Crippen molar-refractivity contribution < 1.29 is 13.9 Å². The molecule has 6 heteroatoms. The van der Waals surface area contributed by atoms with E-state index in [2.05, 4.69) is 17.2 Å². The first-order valence-electron chi connectivity index (χ1n) is 6.30. The molecule has 3 atom stereocenters. The number of ether oxygens (including phenoxy) is 2. The molecule has 3 rings (SSSR count). The second-order valence-electron chi connectivity index (χ2n) is 4.48. The number of epoxide rings is 1. The second kappa shape index (κ2) is 4.80. The molecule has 0 radical (unpaired) electrons. The van der Waals surface area contributed by atoms with Crippen LogP contribution in [0, 0.1) is 0 Å². The first-order valence-corrected chi connectivity index (χ1v) is 6.30. The maximum atomic E-state index is 11.5. The zero-order valence-corrected chi connectivity index (χ0v) is 10.6. The molecule has 0 aliphatic carbocycles. The van der Waals surface area contributed by atoms with Gasteiger partial charge in [0.05, 0.1) is 12.2 Å². The average Bonchev–Trinajstić information content (AvgIpc) is 3.12. The van der Waals surface area contributed by atoms with Crippen LogP contribution >= 0.6 is 0 Å². The monoisotopic (exact) mass is 264 g/mol. The molecule has 6 nitrogen and oxygen atoms in total. The average molecular weight is 264 g/mol. The minimum absolute atomic E-state index is 0.128. The number of rotatable bonds is 4. The van der Waals surface area contributed by atoms with Crippen LogP contribution in [0.5, 0.6) is 0 Å². The highest BCUT2D eigenvalue weighted by Gasteiger charge is 2.45. The van der Waals surface area contributed by atoms with Crippen molar-refractivity contribution in [2.45, 2.75) is 32.0 Å². The molecule has 1 saturated heterocycles. The van der Waals surface area contributed by atoms with Gasteiger partial charge in [0.2, 0.25) is 5.88 Å². The smallest absolute Gasteiger partial charge is 0.337 e. The van der Waals surface area contributed by atoms with Crippen LogP contribution in [-0.2, 0) is 15.9 Å². The zero-order valence-electron chi connectivity index (χ0n) is 10.6. The molecule has 2 N–H and O–H groups in total. The molecule has 2 aliphatic rings. The topological polar surface area (TPSA) is 76.0 Å². The Kier molecular flexibility index (Phi) is 3.14. The lowest BCUT2D eigenvalue weighted by Gasteiger charge is -2.20. The summed E-state index contributed by atoms with van der Waals surface area (Å²) in [7, 11) is 0. The van der Waals surface area contributed by atoms with Crippen LogP contribution < -0.4 is 16.3 Å². The van der Waals surface area contributed by atoms with Crippen LogP contribution in [0.2, 0.25) is 0 Å². The van der Waals surface area contributed by atoms with Gasteiger partial charge in [0.15, 0.2) is 12.5 Å². The maximum absolute atomic E-state index is 11.5.